The molecule has 2 aromatic rings. The minimum atomic E-state index is -0.275. The molecule has 2 rings (SSSR count). The number of rotatable bonds is 4. The van der Waals surface area contributed by atoms with Crippen LogP contribution in [0.4, 0.5) is 4.39 Å². The summed E-state index contributed by atoms with van der Waals surface area (Å²) in [5.74, 6) is 0.125. The molecule has 0 saturated heterocycles. The smallest absolute Gasteiger partial charge is 0.185 e. The zero-order valence-electron chi connectivity index (χ0n) is 11.0. The third-order valence-corrected chi connectivity index (χ3v) is 2.77. The molecule has 19 heavy (non-hydrogen) atoms. The van der Waals surface area contributed by atoms with Crippen LogP contribution in [0.25, 0.3) is 0 Å². The molecule has 0 unspecified atom stereocenters. The summed E-state index contributed by atoms with van der Waals surface area (Å²) in [5.41, 5.74) is 1.96. The van der Waals surface area contributed by atoms with E-state index in [0.29, 0.717) is 18.2 Å². The minimum absolute atomic E-state index is 0.275. The third-order valence-electron chi connectivity index (χ3n) is 2.77. The first-order valence-electron chi connectivity index (χ1n) is 6.17. The van der Waals surface area contributed by atoms with Crippen LogP contribution in [0.1, 0.15) is 30.8 Å². The second kappa shape index (κ2) is 5.61. The highest BCUT2D eigenvalue weighted by Crippen LogP contribution is 2.13. The van der Waals surface area contributed by atoms with Gasteiger partial charge in [0.25, 0.3) is 0 Å². The average Bonchev–Trinajstić information content (AvgIpc) is 2.71. The highest BCUT2D eigenvalue weighted by molar-refractivity contribution is 5.26. The topological polar surface area (TPSA) is 54.5 Å². The van der Waals surface area contributed by atoms with Gasteiger partial charge in [-0.25, -0.2) is 9.07 Å². The van der Waals surface area contributed by atoms with Gasteiger partial charge in [-0.1, -0.05) is 31.2 Å². The van der Waals surface area contributed by atoms with Crippen LogP contribution in [-0.4, -0.2) is 15.0 Å². The number of nitriles is 1. The average molecular weight is 258 g/mol. The Morgan fingerprint density at radius 3 is 2.84 bits per heavy atom. The lowest BCUT2D eigenvalue weighted by molar-refractivity contribution is 0.561. The first-order valence-corrected chi connectivity index (χ1v) is 6.17. The molecule has 0 aliphatic rings. The summed E-state index contributed by atoms with van der Waals surface area (Å²) >= 11 is 0. The maximum absolute atomic E-state index is 13.2. The number of nitrogens with zero attached hydrogens (tertiary/aromatic N) is 4. The predicted molar refractivity (Wildman–Crippen MR) is 68.8 cm³/mol. The van der Waals surface area contributed by atoms with E-state index in [0.717, 1.165) is 17.7 Å². The summed E-state index contributed by atoms with van der Waals surface area (Å²) in [6.07, 6.45) is 0.727. The molecular weight excluding hydrogens is 243 g/mol. The van der Waals surface area contributed by atoms with Crippen LogP contribution in [0, 0.1) is 23.1 Å². The summed E-state index contributed by atoms with van der Waals surface area (Å²) in [5, 5.41) is 16.9. The quantitative estimate of drug-likeness (QED) is 0.846. The van der Waals surface area contributed by atoms with Crippen LogP contribution in [0.5, 0.6) is 0 Å². The van der Waals surface area contributed by atoms with E-state index in [4.69, 9.17) is 5.26 Å². The summed E-state index contributed by atoms with van der Waals surface area (Å²) in [4.78, 5) is 0. The second-order valence-corrected chi connectivity index (χ2v) is 4.88. The SMILES string of the molecule is CC(C)Cc1c(C#N)nnn1Cc1cccc(F)c1. The fourth-order valence-electron chi connectivity index (χ4n) is 1.94. The number of aromatic nitrogens is 3. The van der Waals surface area contributed by atoms with Crippen molar-refractivity contribution in [1.82, 2.24) is 15.0 Å². The Kier molecular flexibility index (Phi) is 3.91. The minimum Gasteiger partial charge on any atom is -0.244 e. The van der Waals surface area contributed by atoms with E-state index in [-0.39, 0.29) is 5.82 Å². The molecule has 98 valence electrons. The Balaban J connectivity index is 2.30. The standard InChI is InChI=1S/C14H15FN4/c1-10(2)6-14-13(8-16)17-18-19(14)9-11-4-3-5-12(15)7-11/h3-5,7,10H,6,9H2,1-2H3. The van der Waals surface area contributed by atoms with Gasteiger partial charge in [-0.15, -0.1) is 5.10 Å². The largest absolute Gasteiger partial charge is 0.244 e. The van der Waals surface area contributed by atoms with Crippen molar-refractivity contribution in [3.05, 3.63) is 47.0 Å². The van der Waals surface area contributed by atoms with Crippen LogP contribution in [-0.2, 0) is 13.0 Å². The van der Waals surface area contributed by atoms with E-state index in [1.54, 1.807) is 10.7 Å². The van der Waals surface area contributed by atoms with E-state index in [1.165, 1.54) is 12.1 Å². The summed E-state index contributed by atoms with van der Waals surface area (Å²) in [6.45, 7) is 4.57. The molecule has 1 aromatic carbocycles. The number of hydrogen-bond acceptors (Lipinski definition) is 3. The fourth-order valence-corrected chi connectivity index (χ4v) is 1.94. The van der Waals surface area contributed by atoms with E-state index in [9.17, 15) is 4.39 Å². The lowest BCUT2D eigenvalue weighted by Gasteiger charge is -2.08. The van der Waals surface area contributed by atoms with Crippen LogP contribution < -0.4 is 0 Å². The molecule has 0 atom stereocenters. The molecule has 0 bridgehead atoms. The Morgan fingerprint density at radius 2 is 2.21 bits per heavy atom. The molecule has 0 saturated carbocycles. The van der Waals surface area contributed by atoms with Crippen LogP contribution in [0.2, 0.25) is 0 Å². The molecule has 1 heterocycles. The first-order chi connectivity index (χ1) is 9.10. The first kappa shape index (κ1) is 13.2. The fraction of sp³-hybridized carbons (Fsp3) is 0.357. The summed E-state index contributed by atoms with van der Waals surface area (Å²) in [6, 6.07) is 8.41. The molecule has 1 aromatic heterocycles. The Labute approximate surface area is 111 Å². The van der Waals surface area contributed by atoms with Crippen LogP contribution >= 0.6 is 0 Å². The van der Waals surface area contributed by atoms with Crippen LogP contribution in [0.3, 0.4) is 0 Å². The molecule has 0 aliphatic carbocycles. The molecule has 0 N–H and O–H groups in total. The lowest BCUT2D eigenvalue weighted by Crippen LogP contribution is -2.09. The summed E-state index contributed by atoms with van der Waals surface area (Å²) in [7, 11) is 0. The van der Waals surface area contributed by atoms with Gasteiger partial charge in [0.05, 0.1) is 12.2 Å². The van der Waals surface area contributed by atoms with Gasteiger partial charge >= 0.3 is 0 Å². The van der Waals surface area contributed by atoms with E-state index in [1.807, 2.05) is 12.1 Å². The van der Waals surface area contributed by atoms with Crippen molar-refractivity contribution >= 4 is 0 Å². The molecule has 0 spiro atoms. The van der Waals surface area contributed by atoms with Crippen molar-refractivity contribution in [1.29, 1.82) is 5.26 Å². The van der Waals surface area contributed by atoms with Gasteiger partial charge in [0, 0.05) is 0 Å². The van der Waals surface area contributed by atoms with Crippen molar-refractivity contribution in [2.24, 2.45) is 5.92 Å². The van der Waals surface area contributed by atoms with Gasteiger partial charge in [0.2, 0.25) is 0 Å². The summed E-state index contributed by atoms with van der Waals surface area (Å²) < 4.78 is 14.8. The zero-order chi connectivity index (χ0) is 13.8. The predicted octanol–water partition coefficient (Wildman–Crippen LogP) is 2.54. The molecule has 0 fully saturated rings. The number of hydrogen-bond donors (Lipinski definition) is 0. The normalized spacial score (nSPS) is 10.7. The highest BCUT2D eigenvalue weighted by atomic mass is 19.1. The Morgan fingerprint density at radius 1 is 1.42 bits per heavy atom. The van der Waals surface area contributed by atoms with Crippen molar-refractivity contribution in [3.8, 4) is 6.07 Å². The third kappa shape index (κ3) is 3.16. The van der Waals surface area contributed by atoms with Gasteiger partial charge in [-0.3, -0.25) is 0 Å². The Hall–Kier alpha value is -2.22. The van der Waals surface area contributed by atoms with Gasteiger partial charge < -0.3 is 0 Å². The molecule has 0 aliphatic heterocycles. The van der Waals surface area contributed by atoms with E-state index in [2.05, 4.69) is 24.2 Å². The monoisotopic (exact) mass is 258 g/mol. The van der Waals surface area contributed by atoms with E-state index >= 15 is 0 Å². The lowest BCUT2D eigenvalue weighted by atomic mass is 10.1. The van der Waals surface area contributed by atoms with Crippen molar-refractivity contribution in [2.75, 3.05) is 0 Å². The van der Waals surface area contributed by atoms with Crippen molar-refractivity contribution in [2.45, 2.75) is 26.8 Å². The second-order valence-electron chi connectivity index (χ2n) is 4.88. The van der Waals surface area contributed by atoms with Crippen LogP contribution in [0.15, 0.2) is 24.3 Å². The molecular formula is C14H15FN4. The van der Waals surface area contributed by atoms with Gasteiger partial charge in [-0.05, 0) is 30.0 Å². The maximum atomic E-state index is 13.2. The van der Waals surface area contributed by atoms with Crippen molar-refractivity contribution in [3.63, 3.8) is 0 Å². The molecule has 4 nitrogen and oxygen atoms in total. The zero-order valence-corrected chi connectivity index (χ0v) is 11.0. The van der Waals surface area contributed by atoms with Gasteiger partial charge in [-0.2, -0.15) is 5.26 Å². The molecule has 0 amide bonds. The Bertz CT molecular complexity index is 610. The highest BCUT2D eigenvalue weighted by Gasteiger charge is 2.14. The molecule has 5 heteroatoms. The van der Waals surface area contributed by atoms with Gasteiger partial charge in [0.1, 0.15) is 11.9 Å². The van der Waals surface area contributed by atoms with E-state index < -0.39 is 0 Å². The maximum Gasteiger partial charge on any atom is 0.185 e. The number of halogens is 1. The number of benzene rings is 1. The van der Waals surface area contributed by atoms with Crippen molar-refractivity contribution < 1.29 is 4.39 Å². The van der Waals surface area contributed by atoms with Gasteiger partial charge in [0.15, 0.2) is 5.69 Å². The molecule has 0 radical (unpaired) electrons.